The van der Waals surface area contributed by atoms with Crippen LogP contribution in [0.25, 0.3) is 45.5 Å². The number of aryl methyl sites for hydroxylation is 2. The number of allylic oxidation sites excluding steroid dienone is 2. The fourth-order valence-corrected chi connectivity index (χ4v) is 25.1. The van der Waals surface area contributed by atoms with E-state index in [2.05, 4.69) is 175 Å². The Morgan fingerprint density at radius 2 is 1.03 bits per heavy atom. The van der Waals surface area contributed by atoms with E-state index < -0.39 is 17.9 Å². The van der Waals surface area contributed by atoms with E-state index in [4.69, 9.17) is 21.8 Å². The monoisotopic (exact) mass is 912 g/mol. The predicted molar refractivity (Wildman–Crippen MR) is 258 cm³/mol. The van der Waals surface area contributed by atoms with Crippen LogP contribution >= 0.6 is 17.0 Å². The summed E-state index contributed by atoms with van der Waals surface area (Å²) in [6.07, 6.45) is 8.17. The van der Waals surface area contributed by atoms with Crippen molar-refractivity contribution >= 4 is 29.2 Å². The van der Waals surface area contributed by atoms with Gasteiger partial charge in [-0.25, -0.2) is 0 Å². The van der Waals surface area contributed by atoms with Crippen molar-refractivity contribution in [2.45, 2.75) is 133 Å². The number of hydrogen-bond donors (Lipinski definition) is 0. The van der Waals surface area contributed by atoms with Crippen molar-refractivity contribution in [1.82, 2.24) is 0 Å². The molecule has 0 fully saturated rings. The standard InChI is InChI=1S/C33H37.C23H27O.2ClH.Zr/c1-21-19-28-29(20-21)31(23-13-17-25(18-14-23)33(5,6)7)27-10-8-9-26(27)30(28)22-11-15-24(16-12-22)32(2,3)4;1-14-8-15(2)11-18(10-14)21-19-12-16(3)9-17(19)13-20(22(21)24-7)23(4,5)6;;;/h11-20H,8-10H2,1-7H3;8-13H,1-7H3;2*1H;/q;;;;+2/p-2. The minimum atomic E-state index is -4.44. The zero-order chi connectivity index (χ0) is 43.4. The summed E-state index contributed by atoms with van der Waals surface area (Å²) in [5.74, 6) is 0.946. The molecule has 8 rings (SSSR count). The molecule has 0 amide bonds. The first-order valence-corrected chi connectivity index (χ1v) is 31.2. The number of hydrogen-bond acceptors (Lipinski definition) is 1. The molecule has 0 spiro atoms. The topological polar surface area (TPSA) is 9.23 Å². The van der Waals surface area contributed by atoms with Gasteiger partial charge in [-0.3, -0.25) is 0 Å². The van der Waals surface area contributed by atoms with Gasteiger partial charge >= 0.3 is 376 Å². The summed E-state index contributed by atoms with van der Waals surface area (Å²) in [6, 6.07) is 28.2. The van der Waals surface area contributed by atoms with Gasteiger partial charge in [0.15, 0.2) is 0 Å². The van der Waals surface area contributed by atoms with Crippen LogP contribution < -0.4 is 4.74 Å². The Morgan fingerprint density at radius 1 is 0.550 bits per heavy atom. The van der Waals surface area contributed by atoms with Gasteiger partial charge in [-0.15, -0.1) is 0 Å². The molecule has 4 heteroatoms. The maximum atomic E-state index is 8.51. The fraction of sp³-hybridized carbons (Fsp3) is 0.393. The molecule has 1 nitrogen and oxygen atoms in total. The molecule has 2 atom stereocenters. The van der Waals surface area contributed by atoms with Gasteiger partial charge in [0.2, 0.25) is 0 Å². The van der Waals surface area contributed by atoms with E-state index in [1.54, 1.807) is 0 Å². The molecule has 5 aromatic carbocycles. The van der Waals surface area contributed by atoms with Crippen LogP contribution in [-0.2, 0) is 47.0 Å². The maximum absolute atomic E-state index is 8.51. The van der Waals surface area contributed by atoms with Crippen molar-refractivity contribution < 1.29 is 22.6 Å². The Balaban J connectivity index is 1.40. The molecule has 0 saturated heterocycles. The third kappa shape index (κ3) is 7.37. The van der Waals surface area contributed by atoms with Crippen LogP contribution in [0, 0.1) is 13.8 Å². The van der Waals surface area contributed by atoms with Gasteiger partial charge in [0.05, 0.1) is 0 Å². The van der Waals surface area contributed by atoms with Crippen molar-refractivity contribution in [3.63, 3.8) is 0 Å². The summed E-state index contributed by atoms with van der Waals surface area (Å²) in [5, 5.41) is 0. The fourth-order valence-electron chi connectivity index (χ4n) is 10.8. The van der Waals surface area contributed by atoms with Gasteiger partial charge in [-0.05, 0) is 0 Å². The van der Waals surface area contributed by atoms with Gasteiger partial charge in [-0.2, -0.15) is 0 Å². The molecule has 60 heavy (non-hydrogen) atoms. The van der Waals surface area contributed by atoms with Crippen molar-refractivity contribution in [2.75, 3.05) is 7.11 Å². The van der Waals surface area contributed by atoms with E-state index in [1.165, 1.54) is 100 Å². The third-order valence-electron chi connectivity index (χ3n) is 13.6. The number of halogens is 2. The Kier molecular flexibility index (Phi) is 11.1. The van der Waals surface area contributed by atoms with Gasteiger partial charge < -0.3 is 0 Å². The first-order valence-electron chi connectivity index (χ1n) is 22.0. The number of methoxy groups -OCH3 is 1. The van der Waals surface area contributed by atoms with Crippen LogP contribution in [-0.4, -0.2) is 7.11 Å². The van der Waals surface area contributed by atoms with Crippen molar-refractivity contribution in [3.8, 4) is 39.1 Å². The van der Waals surface area contributed by atoms with Gasteiger partial charge in [0.1, 0.15) is 0 Å². The third-order valence-corrected chi connectivity index (χ3v) is 26.3. The number of ether oxygens (including phenoxy) is 1. The van der Waals surface area contributed by atoms with Crippen molar-refractivity contribution in [1.29, 1.82) is 0 Å². The summed E-state index contributed by atoms with van der Waals surface area (Å²) >= 11 is -4.44. The molecule has 3 aliphatic carbocycles. The zero-order valence-corrected chi connectivity index (χ0v) is 42.5. The van der Waals surface area contributed by atoms with Gasteiger partial charge in [-0.1, -0.05) is 0 Å². The Hall–Kier alpha value is -3.16. The molecule has 0 heterocycles. The molecule has 0 aromatic heterocycles. The minimum absolute atomic E-state index is 0.0439. The number of fused-ring (bicyclic) bond motifs is 3. The van der Waals surface area contributed by atoms with Gasteiger partial charge in [0.25, 0.3) is 0 Å². The molecule has 0 aliphatic heterocycles. The molecular weight excluding hydrogens is 851 g/mol. The first-order chi connectivity index (χ1) is 28.0. The normalized spacial score (nSPS) is 17.7. The molecule has 0 saturated carbocycles. The Bertz CT molecular complexity index is 2580. The van der Waals surface area contributed by atoms with E-state index in [0.29, 0.717) is 0 Å². The second-order valence-electron chi connectivity index (χ2n) is 21.3. The molecule has 3 aliphatic rings. The van der Waals surface area contributed by atoms with E-state index in [-0.39, 0.29) is 23.5 Å². The quantitative estimate of drug-likeness (QED) is 0.165. The van der Waals surface area contributed by atoms with Crippen LogP contribution in [0.2, 0.25) is 0 Å². The summed E-state index contributed by atoms with van der Waals surface area (Å²) < 4.78 is 6.32. The molecule has 2 unspecified atom stereocenters. The SMILES string of the molecule is COc1c(C(C)(C)C)cc2c(c1-c1cc(C)cc(C)c1)C=C(C)[CH]2[Zr]([Cl])([Cl])[CH]1C(C)=Cc2c(-c3ccc(C(C)(C)C)cc3)c3c(c(-c4ccc(C(C)(C)C)cc4)c21)CCC3. The second kappa shape index (κ2) is 15.3. The van der Waals surface area contributed by atoms with Crippen LogP contribution in [0.1, 0.15) is 151 Å². The van der Waals surface area contributed by atoms with Crippen LogP contribution in [0.3, 0.4) is 0 Å². The van der Waals surface area contributed by atoms with Gasteiger partial charge in [0, 0.05) is 0 Å². The average molecular weight is 915 g/mol. The van der Waals surface area contributed by atoms with E-state index >= 15 is 0 Å². The molecule has 0 radical (unpaired) electrons. The molecule has 5 aromatic rings. The Labute approximate surface area is 373 Å². The van der Waals surface area contributed by atoms with Crippen LogP contribution in [0.15, 0.2) is 83.9 Å². The molecule has 312 valence electrons. The van der Waals surface area contributed by atoms with Crippen LogP contribution in [0.5, 0.6) is 5.75 Å². The average Bonchev–Trinajstić information content (AvgIpc) is 3.86. The molecular formula is C56H64Cl2OZr. The number of rotatable bonds is 6. The summed E-state index contributed by atoms with van der Waals surface area (Å²) in [5.41, 5.74) is 24.8. The van der Waals surface area contributed by atoms with Crippen LogP contribution in [0.4, 0.5) is 0 Å². The first kappa shape index (κ1) is 43.5. The molecule has 0 bridgehead atoms. The van der Waals surface area contributed by atoms with E-state index in [0.717, 1.165) is 30.6 Å². The summed E-state index contributed by atoms with van der Waals surface area (Å²) in [6.45, 7) is 29.6. The predicted octanol–water partition coefficient (Wildman–Crippen LogP) is 16.8. The second-order valence-corrected chi connectivity index (χ2v) is 36.0. The van der Waals surface area contributed by atoms with E-state index in [1.807, 2.05) is 7.11 Å². The van der Waals surface area contributed by atoms with E-state index in [9.17, 15) is 0 Å². The summed E-state index contributed by atoms with van der Waals surface area (Å²) in [7, 11) is 18.8. The summed E-state index contributed by atoms with van der Waals surface area (Å²) in [4.78, 5) is 0. The Morgan fingerprint density at radius 3 is 1.53 bits per heavy atom. The van der Waals surface area contributed by atoms with Crippen molar-refractivity contribution in [3.05, 3.63) is 145 Å². The molecule has 0 N–H and O–H groups in total. The number of benzene rings is 5. The van der Waals surface area contributed by atoms with Crippen molar-refractivity contribution in [2.24, 2.45) is 0 Å². The zero-order valence-electron chi connectivity index (χ0n) is 38.5.